The Morgan fingerprint density at radius 3 is 2.70 bits per heavy atom. The van der Waals surface area contributed by atoms with Crippen LogP contribution in [-0.4, -0.2) is 42.7 Å². The molecule has 2 aromatic carbocycles. The van der Waals surface area contributed by atoms with Gasteiger partial charge in [-0.2, -0.15) is 0 Å². The predicted molar refractivity (Wildman–Crippen MR) is 105 cm³/mol. The van der Waals surface area contributed by atoms with E-state index in [0.29, 0.717) is 13.2 Å². The summed E-state index contributed by atoms with van der Waals surface area (Å²) in [5, 5.41) is 1.24. The summed E-state index contributed by atoms with van der Waals surface area (Å²) >= 11 is 0. The van der Waals surface area contributed by atoms with Gasteiger partial charge in [0.15, 0.2) is 0 Å². The molecule has 0 aliphatic carbocycles. The summed E-state index contributed by atoms with van der Waals surface area (Å²) in [5.74, 6) is 0.837. The Balaban J connectivity index is 1.81. The van der Waals surface area contributed by atoms with Gasteiger partial charge in [-0.05, 0) is 42.7 Å². The molecule has 0 spiro atoms. The van der Waals surface area contributed by atoms with E-state index in [0.717, 1.165) is 28.9 Å². The number of amides is 1. The summed E-state index contributed by atoms with van der Waals surface area (Å²) in [6, 6.07) is 16.2. The molecule has 5 heteroatoms. The predicted octanol–water partition coefficient (Wildman–Crippen LogP) is 3.69. The summed E-state index contributed by atoms with van der Waals surface area (Å²) in [5.41, 5.74) is 4.57. The minimum atomic E-state index is -0.153. The lowest BCUT2D eigenvalue weighted by molar-refractivity contribution is -0.137. The molecule has 1 amide bonds. The van der Waals surface area contributed by atoms with Crippen LogP contribution < -0.4 is 4.74 Å². The minimum Gasteiger partial charge on any atom is -0.494 e. The average Bonchev–Trinajstić information content (AvgIpc) is 3.07. The molecule has 1 atom stereocenters. The Morgan fingerprint density at radius 1 is 1.19 bits per heavy atom. The molecule has 0 bridgehead atoms. The van der Waals surface area contributed by atoms with Crippen LogP contribution in [-0.2, 0) is 16.0 Å². The van der Waals surface area contributed by atoms with Gasteiger partial charge in [0.1, 0.15) is 12.4 Å². The van der Waals surface area contributed by atoms with Gasteiger partial charge in [0.05, 0.1) is 12.6 Å². The molecule has 1 aliphatic rings. The molecule has 0 saturated heterocycles. The number of hydrogen-bond donors (Lipinski definition) is 1. The molecule has 2 heterocycles. The summed E-state index contributed by atoms with van der Waals surface area (Å²) in [4.78, 5) is 18.2. The highest BCUT2D eigenvalue weighted by atomic mass is 16.5. The van der Waals surface area contributed by atoms with E-state index in [1.54, 1.807) is 7.11 Å². The fourth-order valence-corrected chi connectivity index (χ4v) is 3.98. The van der Waals surface area contributed by atoms with Crippen LogP contribution in [0.5, 0.6) is 5.75 Å². The van der Waals surface area contributed by atoms with Crippen LogP contribution in [0.3, 0.4) is 0 Å². The largest absolute Gasteiger partial charge is 0.494 e. The van der Waals surface area contributed by atoms with Crippen molar-refractivity contribution in [1.82, 2.24) is 9.88 Å². The van der Waals surface area contributed by atoms with Gasteiger partial charge in [0.25, 0.3) is 0 Å². The number of rotatable bonds is 5. The Kier molecular flexibility index (Phi) is 4.86. The normalized spacial score (nSPS) is 16.4. The molecular weight excluding hydrogens is 340 g/mol. The first-order valence-electron chi connectivity index (χ1n) is 9.33. The molecule has 0 radical (unpaired) electrons. The lowest BCUT2D eigenvalue weighted by Crippen LogP contribution is -2.42. The highest BCUT2D eigenvalue weighted by Crippen LogP contribution is 2.38. The zero-order valence-electron chi connectivity index (χ0n) is 15.7. The SMILES string of the molecule is CCOc1ccc([C@@H]2c3[nH]c4ccccc4c3CCN2C(=O)COC)cc1. The molecule has 1 N–H and O–H groups in total. The number of hydrogen-bond acceptors (Lipinski definition) is 3. The number of benzene rings is 2. The van der Waals surface area contributed by atoms with Crippen LogP contribution in [0.2, 0.25) is 0 Å². The Bertz CT molecular complexity index is 946. The van der Waals surface area contributed by atoms with Crippen molar-refractivity contribution in [2.75, 3.05) is 26.9 Å². The molecule has 0 unspecified atom stereocenters. The van der Waals surface area contributed by atoms with E-state index in [1.807, 2.05) is 42.2 Å². The number of carbonyl (C=O) groups is 1. The van der Waals surface area contributed by atoms with Crippen LogP contribution in [0.1, 0.15) is 29.8 Å². The average molecular weight is 364 g/mol. The van der Waals surface area contributed by atoms with E-state index >= 15 is 0 Å². The third-order valence-corrected chi connectivity index (χ3v) is 5.13. The molecule has 4 rings (SSSR count). The number of nitrogens with one attached hydrogen (secondary N) is 1. The van der Waals surface area contributed by atoms with Gasteiger partial charge < -0.3 is 19.4 Å². The van der Waals surface area contributed by atoms with Gasteiger partial charge in [-0.15, -0.1) is 0 Å². The quantitative estimate of drug-likeness (QED) is 0.751. The molecule has 27 heavy (non-hydrogen) atoms. The van der Waals surface area contributed by atoms with Gasteiger partial charge in [-0.3, -0.25) is 4.79 Å². The molecule has 0 fully saturated rings. The summed E-state index contributed by atoms with van der Waals surface area (Å²) in [6.07, 6.45) is 0.836. The number of ether oxygens (including phenoxy) is 2. The number of fused-ring (bicyclic) bond motifs is 3. The summed E-state index contributed by atoms with van der Waals surface area (Å²) < 4.78 is 10.7. The number of nitrogens with zero attached hydrogens (tertiary/aromatic N) is 1. The van der Waals surface area contributed by atoms with Crippen molar-refractivity contribution in [3.05, 3.63) is 65.4 Å². The van der Waals surface area contributed by atoms with Crippen LogP contribution in [0, 0.1) is 0 Å². The Labute approximate surface area is 158 Å². The van der Waals surface area contributed by atoms with E-state index in [-0.39, 0.29) is 18.6 Å². The topological polar surface area (TPSA) is 54.6 Å². The van der Waals surface area contributed by atoms with Crippen molar-refractivity contribution in [3.8, 4) is 5.75 Å². The van der Waals surface area contributed by atoms with Gasteiger partial charge in [-0.25, -0.2) is 0 Å². The number of para-hydroxylation sites is 1. The van der Waals surface area contributed by atoms with Gasteiger partial charge in [0, 0.05) is 30.3 Å². The number of H-pyrrole nitrogens is 1. The van der Waals surface area contributed by atoms with Crippen molar-refractivity contribution >= 4 is 16.8 Å². The van der Waals surface area contributed by atoms with Gasteiger partial charge in [0.2, 0.25) is 5.91 Å². The van der Waals surface area contributed by atoms with Crippen LogP contribution in [0.4, 0.5) is 0 Å². The number of aromatic amines is 1. The lowest BCUT2D eigenvalue weighted by atomic mass is 9.92. The number of aromatic nitrogens is 1. The molecule has 140 valence electrons. The second-order valence-corrected chi connectivity index (χ2v) is 6.74. The monoisotopic (exact) mass is 364 g/mol. The van der Waals surface area contributed by atoms with Crippen molar-refractivity contribution in [3.63, 3.8) is 0 Å². The second-order valence-electron chi connectivity index (χ2n) is 6.74. The van der Waals surface area contributed by atoms with Crippen LogP contribution in [0.25, 0.3) is 10.9 Å². The maximum atomic E-state index is 12.7. The first-order valence-corrected chi connectivity index (χ1v) is 9.33. The molecule has 1 aromatic heterocycles. The van der Waals surface area contributed by atoms with E-state index in [4.69, 9.17) is 9.47 Å². The van der Waals surface area contributed by atoms with Crippen molar-refractivity contribution in [2.45, 2.75) is 19.4 Å². The maximum Gasteiger partial charge on any atom is 0.249 e. The molecule has 5 nitrogen and oxygen atoms in total. The van der Waals surface area contributed by atoms with Crippen LogP contribution in [0.15, 0.2) is 48.5 Å². The van der Waals surface area contributed by atoms with Gasteiger partial charge >= 0.3 is 0 Å². The first kappa shape index (κ1) is 17.6. The number of carbonyl (C=O) groups excluding carboxylic acids is 1. The highest BCUT2D eigenvalue weighted by Gasteiger charge is 2.34. The molecule has 1 aliphatic heterocycles. The maximum absolute atomic E-state index is 12.7. The van der Waals surface area contributed by atoms with E-state index < -0.39 is 0 Å². The van der Waals surface area contributed by atoms with Crippen molar-refractivity contribution < 1.29 is 14.3 Å². The minimum absolute atomic E-state index is 0.000640. The van der Waals surface area contributed by atoms with E-state index in [9.17, 15) is 4.79 Å². The van der Waals surface area contributed by atoms with E-state index in [1.165, 1.54) is 10.9 Å². The fraction of sp³-hybridized carbons (Fsp3) is 0.318. The third-order valence-electron chi connectivity index (χ3n) is 5.13. The standard InChI is InChI=1S/C22H24N2O3/c1-3-27-16-10-8-15(9-11-16)22-21-18(12-13-24(22)20(25)14-26-2)17-6-4-5-7-19(17)23-21/h4-11,22-23H,3,12-14H2,1-2H3/t22-/m1/s1. The highest BCUT2D eigenvalue weighted by molar-refractivity contribution is 5.86. The zero-order valence-corrected chi connectivity index (χ0v) is 15.7. The summed E-state index contributed by atoms with van der Waals surface area (Å²) in [7, 11) is 1.56. The molecular formula is C22H24N2O3. The smallest absolute Gasteiger partial charge is 0.249 e. The second kappa shape index (κ2) is 7.45. The zero-order chi connectivity index (χ0) is 18.8. The lowest BCUT2D eigenvalue weighted by Gasteiger charge is -2.36. The Hall–Kier alpha value is -2.79. The molecule has 3 aromatic rings. The van der Waals surface area contributed by atoms with Gasteiger partial charge in [-0.1, -0.05) is 30.3 Å². The Morgan fingerprint density at radius 2 is 1.96 bits per heavy atom. The molecule has 0 saturated carbocycles. The fourth-order valence-electron chi connectivity index (χ4n) is 3.98. The first-order chi connectivity index (χ1) is 13.2. The van der Waals surface area contributed by atoms with Crippen LogP contribution >= 0.6 is 0 Å². The van der Waals surface area contributed by atoms with E-state index in [2.05, 4.69) is 23.2 Å². The van der Waals surface area contributed by atoms with Crippen molar-refractivity contribution in [2.24, 2.45) is 0 Å². The van der Waals surface area contributed by atoms with Crippen molar-refractivity contribution in [1.29, 1.82) is 0 Å². The number of methoxy groups -OCH3 is 1. The summed E-state index contributed by atoms with van der Waals surface area (Å²) in [6.45, 7) is 3.36. The third kappa shape index (κ3) is 3.19.